The third-order valence-corrected chi connectivity index (χ3v) is 2.80. The van der Waals surface area contributed by atoms with E-state index in [1.807, 2.05) is 0 Å². The number of aliphatic hydroxyl groups is 1. The van der Waals surface area contributed by atoms with Crippen LogP contribution in [0.15, 0.2) is 12.1 Å². The summed E-state index contributed by atoms with van der Waals surface area (Å²) in [5.74, 6) is -2.07. The van der Waals surface area contributed by atoms with Crippen LogP contribution in [0.25, 0.3) is 0 Å². The normalized spacial score (nSPS) is 14.1. The highest BCUT2D eigenvalue weighted by atomic mass is 19.4. The van der Waals surface area contributed by atoms with Crippen molar-refractivity contribution in [2.24, 2.45) is 0 Å². The Morgan fingerprint density at radius 3 is 1.90 bits per heavy atom. The molecular formula is C12H10F6O3. The number of aliphatic hydroxyl groups excluding tert-OH is 1. The number of halogens is 6. The van der Waals surface area contributed by atoms with Crippen LogP contribution in [0, 0.1) is 0 Å². The topological polar surface area (TPSA) is 57.5 Å². The largest absolute Gasteiger partial charge is 0.479 e. The molecule has 0 aliphatic carbocycles. The lowest BCUT2D eigenvalue weighted by atomic mass is 9.91. The number of hydrogen-bond acceptors (Lipinski definition) is 2. The number of rotatable bonds is 3. The molecule has 0 radical (unpaired) electrons. The van der Waals surface area contributed by atoms with Gasteiger partial charge in [0.15, 0.2) is 6.10 Å². The lowest BCUT2D eigenvalue weighted by Crippen LogP contribution is -2.24. The van der Waals surface area contributed by atoms with Gasteiger partial charge >= 0.3 is 18.3 Å². The lowest BCUT2D eigenvalue weighted by Gasteiger charge is -2.23. The van der Waals surface area contributed by atoms with E-state index in [0.717, 1.165) is 6.07 Å². The van der Waals surface area contributed by atoms with Crippen molar-refractivity contribution in [1.29, 1.82) is 0 Å². The first-order chi connectivity index (χ1) is 9.41. The monoisotopic (exact) mass is 316 g/mol. The Hall–Kier alpha value is -1.77. The SMILES string of the molecule is CCc1ccc(C(O)C(=O)O)c(C(F)(F)F)c1C(F)(F)F. The molecule has 0 saturated heterocycles. The fraction of sp³-hybridized carbons (Fsp3) is 0.417. The summed E-state index contributed by atoms with van der Waals surface area (Å²) in [6.45, 7) is 1.23. The van der Waals surface area contributed by atoms with Crippen LogP contribution in [0.5, 0.6) is 0 Å². The maximum Gasteiger partial charge on any atom is 0.417 e. The Balaban J connectivity index is 3.82. The Morgan fingerprint density at radius 2 is 1.57 bits per heavy atom. The highest BCUT2D eigenvalue weighted by Crippen LogP contribution is 2.45. The Bertz CT molecular complexity index is 547. The van der Waals surface area contributed by atoms with Crippen LogP contribution in [0.4, 0.5) is 26.3 Å². The van der Waals surface area contributed by atoms with E-state index in [1.54, 1.807) is 0 Å². The molecule has 118 valence electrons. The second kappa shape index (κ2) is 5.55. The maximum atomic E-state index is 13.0. The van der Waals surface area contributed by atoms with E-state index >= 15 is 0 Å². The summed E-state index contributed by atoms with van der Waals surface area (Å²) in [6.07, 6.45) is -13.8. The van der Waals surface area contributed by atoms with Crippen LogP contribution in [0.2, 0.25) is 0 Å². The van der Waals surface area contributed by atoms with Crippen molar-refractivity contribution < 1.29 is 41.4 Å². The second-order valence-electron chi connectivity index (χ2n) is 4.15. The first kappa shape index (κ1) is 17.3. The lowest BCUT2D eigenvalue weighted by molar-refractivity contribution is -0.164. The fourth-order valence-electron chi connectivity index (χ4n) is 1.95. The molecule has 0 amide bonds. The summed E-state index contributed by atoms with van der Waals surface area (Å²) in [7, 11) is 0. The third-order valence-electron chi connectivity index (χ3n) is 2.80. The van der Waals surface area contributed by atoms with Gasteiger partial charge in [0.25, 0.3) is 0 Å². The first-order valence-corrected chi connectivity index (χ1v) is 5.62. The number of aryl methyl sites for hydroxylation is 1. The van der Waals surface area contributed by atoms with Gasteiger partial charge in [0.2, 0.25) is 0 Å². The van der Waals surface area contributed by atoms with Gasteiger partial charge in [-0.2, -0.15) is 26.3 Å². The van der Waals surface area contributed by atoms with Gasteiger partial charge in [-0.1, -0.05) is 19.1 Å². The first-order valence-electron chi connectivity index (χ1n) is 5.62. The van der Waals surface area contributed by atoms with Gasteiger partial charge in [-0.25, -0.2) is 4.79 Å². The van der Waals surface area contributed by atoms with E-state index < -0.39 is 46.7 Å². The minimum absolute atomic E-state index is 0.332. The second-order valence-corrected chi connectivity index (χ2v) is 4.15. The van der Waals surface area contributed by atoms with Crippen LogP contribution >= 0.6 is 0 Å². The molecule has 21 heavy (non-hydrogen) atoms. The Morgan fingerprint density at radius 1 is 1.10 bits per heavy atom. The van der Waals surface area contributed by atoms with E-state index in [2.05, 4.69) is 0 Å². The van der Waals surface area contributed by atoms with Crippen molar-refractivity contribution in [2.45, 2.75) is 31.8 Å². The van der Waals surface area contributed by atoms with E-state index in [4.69, 9.17) is 5.11 Å². The van der Waals surface area contributed by atoms with E-state index in [9.17, 15) is 36.2 Å². The molecule has 0 aromatic heterocycles. The number of carboxylic acids is 1. The quantitative estimate of drug-likeness (QED) is 0.840. The predicted molar refractivity (Wildman–Crippen MR) is 58.4 cm³/mol. The average molecular weight is 316 g/mol. The van der Waals surface area contributed by atoms with E-state index in [0.29, 0.717) is 6.07 Å². The summed E-state index contributed by atoms with van der Waals surface area (Å²) in [4.78, 5) is 10.6. The van der Waals surface area contributed by atoms with Gasteiger partial charge < -0.3 is 10.2 Å². The van der Waals surface area contributed by atoms with Gasteiger partial charge in [0.05, 0.1) is 11.1 Å². The van der Waals surface area contributed by atoms with Gasteiger partial charge in [-0.15, -0.1) is 0 Å². The van der Waals surface area contributed by atoms with Crippen molar-refractivity contribution >= 4 is 5.97 Å². The van der Waals surface area contributed by atoms with Gasteiger partial charge in [-0.3, -0.25) is 0 Å². The molecule has 3 nitrogen and oxygen atoms in total. The van der Waals surface area contributed by atoms with Gasteiger partial charge in [-0.05, 0) is 12.0 Å². The molecule has 0 aliphatic rings. The maximum absolute atomic E-state index is 13.0. The number of carbonyl (C=O) groups is 1. The standard InChI is InChI=1S/C12H10F6O3/c1-2-5-3-4-6(9(19)10(20)21)8(12(16,17)18)7(5)11(13,14)15/h3-4,9,19H,2H2,1H3,(H,20,21). The predicted octanol–water partition coefficient (Wildman–Crippen LogP) is 3.40. The molecule has 0 fully saturated rings. The Kier molecular flexibility index (Phi) is 4.57. The summed E-state index contributed by atoms with van der Waals surface area (Å²) in [6, 6.07) is 1.29. The van der Waals surface area contributed by atoms with Crippen LogP contribution in [-0.2, 0) is 23.6 Å². The molecule has 1 aromatic carbocycles. The molecule has 0 heterocycles. The molecule has 0 aliphatic heterocycles. The van der Waals surface area contributed by atoms with Crippen molar-refractivity contribution in [3.8, 4) is 0 Å². The van der Waals surface area contributed by atoms with E-state index in [1.165, 1.54) is 6.92 Å². The molecule has 2 N–H and O–H groups in total. The fourth-order valence-corrected chi connectivity index (χ4v) is 1.95. The molecule has 1 unspecified atom stereocenters. The number of alkyl halides is 6. The molecule has 9 heteroatoms. The summed E-state index contributed by atoms with van der Waals surface area (Å²) < 4.78 is 77.8. The highest BCUT2D eigenvalue weighted by molar-refractivity contribution is 5.75. The molecule has 1 atom stereocenters. The molecule has 1 rings (SSSR count). The molecule has 1 aromatic rings. The highest BCUT2D eigenvalue weighted by Gasteiger charge is 2.47. The van der Waals surface area contributed by atoms with Crippen LogP contribution in [0.3, 0.4) is 0 Å². The van der Waals surface area contributed by atoms with Crippen molar-refractivity contribution in [3.05, 3.63) is 34.4 Å². The average Bonchev–Trinajstić information content (AvgIpc) is 2.33. The van der Waals surface area contributed by atoms with Crippen LogP contribution < -0.4 is 0 Å². The minimum atomic E-state index is -5.46. The molecule has 0 saturated carbocycles. The summed E-state index contributed by atoms with van der Waals surface area (Å²) in [5.41, 5.74) is -6.09. The van der Waals surface area contributed by atoms with Gasteiger partial charge in [0.1, 0.15) is 0 Å². The van der Waals surface area contributed by atoms with Crippen LogP contribution in [-0.4, -0.2) is 16.2 Å². The number of carboxylic acid groups (broad SMARTS) is 1. The van der Waals surface area contributed by atoms with Crippen molar-refractivity contribution in [3.63, 3.8) is 0 Å². The third kappa shape index (κ3) is 3.46. The zero-order valence-corrected chi connectivity index (χ0v) is 10.5. The van der Waals surface area contributed by atoms with Gasteiger partial charge in [0, 0.05) is 5.56 Å². The van der Waals surface area contributed by atoms with Crippen LogP contribution in [0.1, 0.15) is 35.3 Å². The molecule has 0 bridgehead atoms. The number of benzene rings is 1. The zero-order chi connectivity index (χ0) is 16.6. The Labute approximate surface area is 114 Å². The van der Waals surface area contributed by atoms with Crippen molar-refractivity contribution in [1.82, 2.24) is 0 Å². The van der Waals surface area contributed by atoms with Crippen molar-refractivity contribution in [2.75, 3.05) is 0 Å². The molecular weight excluding hydrogens is 306 g/mol. The summed E-state index contributed by atoms with van der Waals surface area (Å²) >= 11 is 0. The summed E-state index contributed by atoms with van der Waals surface area (Å²) in [5, 5.41) is 17.8. The van der Waals surface area contributed by atoms with E-state index in [-0.39, 0.29) is 6.42 Å². The minimum Gasteiger partial charge on any atom is -0.479 e. The smallest absolute Gasteiger partial charge is 0.417 e. The number of aliphatic carboxylic acids is 1. The number of hydrogen-bond donors (Lipinski definition) is 2. The zero-order valence-electron chi connectivity index (χ0n) is 10.5. The molecule has 0 spiro atoms.